The molecule has 0 aromatic carbocycles. The minimum atomic E-state index is 0.655. The van der Waals surface area contributed by atoms with Gasteiger partial charge in [-0.25, -0.2) is 0 Å². The first-order valence-electron chi connectivity index (χ1n) is 4.79. The van der Waals surface area contributed by atoms with Crippen molar-refractivity contribution >= 4 is 0 Å². The van der Waals surface area contributed by atoms with Gasteiger partial charge in [-0.05, 0) is 19.8 Å². The molecule has 1 aliphatic rings. The molecule has 1 fully saturated rings. The van der Waals surface area contributed by atoms with Gasteiger partial charge in [0.1, 0.15) is 0 Å². The lowest BCUT2D eigenvalue weighted by Gasteiger charge is -2.32. The Balaban J connectivity index is 2.44. The van der Waals surface area contributed by atoms with E-state index in [2.05, 4.69) is 11.9 Å². The topological polar surface area (TPSA) is 23.5 Å². The van der Waals surface area contributed by atoms with Gasteiger partial charge >= 0.3 is 0 Å². The largest absolute Gasteiger partial charge is 0.514 e. The second kappa shape index (κ2) is 4.39. The van der Waals surface area contributed by atoms with Gasteiger partial charge in [0.15, 0.2) is 0 Å². The van der Waals surface area contributed by atoms with Crippen LogP contribution < -0.4 is 0 Å². The van der Waals surface area contributed by atoms with Crippen LogP contribution in [0.15, 0.2) is 12.0 Å². The molecule has 70 valence electrons. The molecule has 2 nitrogen and oxygen atoms in total. The number of allylic oxidation sites excluding steroid dienone is 1. The third kappa shape index (κ3) is 2.16. The van der Waals surface area contributed by atoms with Crippen LogP contribution in [0.5, 0.6) is 0 Å². The molecule has 0 aromatic rings. The van der Waals surface area contributed by atoms with Crippen molar-refractivity contribution in [1.29, 1.82) is 0 Å². The van der Waals surface area contributed by atoms with E-state index in [1.165, 1.54) is 38.4 Å². The predicted octanol–water partition coefficient (Wildman–Crippen LogP) is 2.67. The summed E-state index contributed by atoms with van der Waals surface area (Å²) in [6, 6.07) is 0.655. The van der Waals surface area contributed by atoms with Crippen molar-refractivity contribution in [2.45, 2.75) is 45.1 Å². The van der Waals surface area contributed by atoms with E-state index >= 15 is 0 Å². The molecule has 0 aromatic heterocycles. The highest BCUT2D eigenvalue weighted by Gasteiger charge is 2.17. The van der Waals surface area contributed by atoms with Crippen LogP contribution in [0.1, 0.15) is 39.0 Å². The first-order chi connectivity index (χ1) is 5.75. The van der Waals surface area contributed by atoms with Gasteiger partial charge in [-0.3, -0.25) is 0 Å². The third-order valence-electron chi connectivity index (χ3n) is 2.87. The van der Waals surface area contributed by atoms with E-state index < -0.39 is 0 Å². The zero-order chi connectivity index (χ0) is 8.97. The van der Waals surface area contributed by atoms with Gasteiger partial charge < -0.3 is 10.0 Å². The Morgan fingerprint density at radius 3 is 2.42 bits per heavy atom. The molecule has 1 N–H and O–H groups in total. The van der Waals surface area contributed by atoms with E-state index in [1.807, 2.05) is 6.92 Å². The van der Waals surface area contributed by atoms with E-state index in [1.54, 1.807) is 0 Å². The molecule has 2 heteroatoms. The molecule has 0 saturated heterocycles. The van der Waals surface area contributed by atoms with Gasteiger partial charge in [0.05, 0.1) is 6.26 Å². The second-order valence-electron chi connectivity index (χ2n) is 3.67. The highest BCUT2D eigenvalue weighted by atomic mass is 16.2. The normalized spacial score (nSPS) is 21.0. The van der Waals surface area contributed by atoms with E-state index in [0.29, 0.717) is 6.04 Å². The van der Waals surface area contributed by atoms with Crippen molar-refractivity contribution in [3.63, 3.8) is 0 Å². The van der Waals surface area contributed by atoms with Crippen LogP contribution >= 0.6 is 0 Å². The Kier molecular flexibility index (Phi) is 3.45. The Morgan fingerprint density at radius 1 is 1.33 bits per heavy atom. The number of aliphatic hydroxyl groups excluding tert-OH is 1. The van der Waals surface area contributed by atoms with Gasteiger partial charge in [0.2, 0.25) is 0 Å². The molecule has 0 unspecified atom stereocenters. The van der Waals surface area contributed by atoms with Crippen LogP contribution in [-0.4, -0.2) is 23.1 Å². The molecule has 0 spiro atoms. The van der Waals surface area contributed by atoms with E-state index in [4.69, 9.17) is 5.11 Å². The Hall–Kier alpha value is -0.660. The Labute approximate surface area is 74.9 Å². The molecule has 12 heavy (non-hydrogen) atoms. The minimum absolute atomic E-state index is 0.655. The SMILES string of the molecule is C/C(=C\O)N(C)C1CCCCC1. The van der Waals surface area contributed by atoms with Crippen molar-refractivity contribution in [2.24, 2.45) is 0 Å². The quantitative estimate of drug-likeness (QED) is 0.642. The van der Waals surface area contributed by atoms with Crippen LogP contribution in [0, 0.1) is 0 Å². The van der Waals surface area contributed by atoms with E-state index in [0.717, 1.165) is 5.70 Å². The average molecular weight is 169 g/mol. The maximum Gasteiger partial charge on any atom is 0.0980 e. The summed E-state index contributed by atoms with van der Waals surface area (Å²) < 4.78 is 0. The molecule has 0 radical (unpaired) electrons. The average Bonchev–Trinajstić information content (AvgIpc) is 2.17. The molecule has 1 aliphatic carbocycles. The van der Waals surface area contributed by atoms with Crippen molar-refractivity contribution in [2.75, 3.05) is 7.05 Å². The predicted molar refractivity (Wildman–Crippen MR) is 51.0 cm³/mol. The standard InChI is InChI=1S/C10H19NO/c1-9(8-12)11(2)10-6-4-3-5-7-10/h8,10,12H,3-7H2,1-2H3/b9-8+. The van der Waals surface area contributed by atoms with Crippen LogP contribution in [0.2, 0.25) is 0 Å². The number of nitrogens with zero attached hydrogens (tertiary/aromatic N) is 1. The zero-order valence-corrected chi connectivity index (χ0v) is 8.08. The first-order valence-corrected chi connectivity index (χ1v) is 4.79. The van der Waals surface area contributed by atoms with Gasteiger partial charge in [-0.1, -0.05) is 19.3 Å². The summed E-state index contributed by atoms with van der Waals surface area (Å²) in [4.78, 5) is 2.19. The summed E-state index contributed by atoms with van der Waals surface area (Å²) in [6.45, 7) is 1.95. The van der Waals surface area contributed by atoms with E-state index in [-0.39, 0.29) is 0 Å². The fraction of sp³-hybridized carbons (Fsp3) is 0.800. The number of hydrogen-bond acceptors (Lipinski definition) is 2. The molecule has 1 rings (SSSR count). The highest BCUT2D eigenvalue weighted by molar-refractivity contribution is 4.94. The zero-order valence-electron chi connectivity index (χ0n) is 8.08. The molecule has 0 atom stereocenters. The maximum absolute atomic E-state index is 8.83. The lowest BCUT2D eigenvalue weighted by molar-refractivity contribution is 0.229. The molecule has 0 heterocycles. The van der Waals surface area contributed by atoms with Crippen LogP contribution in [-0.2, 0) is 0 Å². The summed E-state index contributed by atoms with van der Waals surface area (Å²) in [5.41, 5.74) is 0.974. The summed E-state index contributed by atoms with van der Waals surface area (Å²) in [5.74, 6) is 0. The molecule has 0 amide bonds. The van der Waals surface area contributed by atoms with Gasteiger partial charge in [-0.2, -0.15) is 0 Å². The van der Waals surface area contributed by atoms with Gasteiger partial charge in [-0.15, -0.1) is 0 Å². The summed E-state index contributed by atoms with van der Waals surface area (Å²) in [7, 11) is 2.07. The smallest absolute Gasteiger partial charge is 0.0980 e. The van der Waals surface area contributed by atoms with Gasteiger partial charge in [0, 0.05) is 18.8 Å². The Morgan fingerprint density at radius 2 is 1.92 bits per heavy atom. The van der Waals surface area contributed by atoms with Crippen molar-refractivity contribution in [3.05, 3.63) is 12.0 Å². The number of rotatable bonds is 2. The number of hydrogen-bond donors (Lipinski definition) is 1. The molecule has 0 bridgehead atoms. The molecular formula is C10H19NO. The highest BCUT2D eigenvalue weighted by Crippen LogP contribution is 2.23. The lowest BCUT2D eigenvalue weighted by Crippen LogP contribution is -2.31. The third-order valence-corrected chi connectivity index (χ3v) is 2.87. The fourth-order valence-electron chi connectivity index (χ4n) is 1.85. The van der Waals surface area contributed by atoms with Crippen molar-refractivity contribution in [1.82, 2.24) is 4.90 Å². The lowest BCUT2D eigenvalue weighted by atomic mass is 9.94. The number of aliphatic hydroxyl groups is 1. The summed E-state index contributed by atoms with van der Waals surface area (Å²) >= 11 is 0. The summed E-state index contributed by atoms with van der Waals surface area (Å²) in [5, 5.41) is 8.83. The van der Waals surface area contributed by atoms with Crippen molar-refractivity contribution < 1.29 is 5.11 Å². The molecule has 1 saturated carbocycles. The van der Waals surface area contributed by atoms with Crippen LogP contribution in [0.4, 0.5) is 0 Å². The monoisotopic (exact) mass is 169 g/mol. The molecule has 0 aliphatic heterocycles. The van der Waals surface area contributed by atoms with Crippen molar-refractivity contribution in [3.8, 4) is 0 Å². The van der Waals surface area contributed by atoms with Crippen LogP contribution in [0.25, 0.3) is 0 Å². The van der Waals surface area contributed by atoms with E-state index in [9.17, 15) is 0 Å². The van der Waals surface area contributed by atoms with Crippen LogP contribution in [0.3, 0.4) is 0 Å². The fourth-order valence-corrected chi connectivity index (χ4v) is 1.85. The first kappa shape index (κ1) is 9.43. The molecular weight excluding hydrogens is 150 g/mol. The Bertz CT molecular complexity index is 159. The summed E-state index contributed by atoms with van der Waals surface area (Å²) in [6.07, 6.45) is 7.83. The maximum atomic E-state index is 8.83. The second-order valence-corrected chi connectivity index (χ2v) is 3.67. The minimum Gasteiger partial charge on any atom is -0.514 e. The van der Waals surface area contributed by atoms with Gasteiger partial charge in [0.25, 0.3) is 0 Å².